The molecule has 1 heterocycles. The Hall–Kier alpha value is -3.85. The molecule has 3 aromatic carbocycles. The molecule has 0 amide bonds. The van der Waals surface area contributed by atoms with Gasteiger partial charge >= 0.3 is 0 Å². The fourth-order valence-corrected chi connectivity index (χ4v) is 3.56. The van der Waals surface area contributed by atoms with Gasteiger partial charge in [-0.15, -0.1) is 0 Å². The summed E-state index contributed by atoms with van der Waals surface area (Å²) < 4.78 is 20.2. The summed E-state index contributed by atoms with van der Waals surface area (Å²) in [6.07, 6.45) is 1.34. The van der Waals surface area contributed by atoms with E-state index in [0.29, 0.717) is 11.3 Å². The molecule has 1 aromatic heterocycles. The van der Waals surface area contributed by atoms with Gasteiger partial charge in [0.1, 0.15) is 17.2 Å². The molecule has 1 atom stereocenters. The number of nitrogens with zero attached hydrogens (tertiary/aromatic N) is 2. The van der Waals surface area contributed by atoms with Gasteiger partial charge in [0.2, 0.25) is 0 Å². The molecule has 0 aliphatic heterocycles. The third kappa shape index (κ3) is 4.89. The summed E-state index contributed by atoms with van der Waals surface area (Å²) in [7, 11) is 0. The Kier molecular flexibility index (Phi) is 6.83. The average molecular weight is 461 g/mol. The first kappa shape index (κ1) is 23.3. The molecule has 8 heteroatoms. The molecule has 34 heavy (non-hydrogen) atoms. The number of rotatable bonds is 9. The first-order valence-electron chi connectivity index (χ1n) is 10.6. The minimum atomic E-state index is -1.70. The van der Waals surface area contributed by atoms with Gasteiger partial charge in [0.05, 0.1) is 37.3 Å². The molecule has 7 nitrogen and oxygen atoms in total. The number of nitrogens with two attached hydrogens (primary N) is 1. The quantitative estimate of drug-likeness (QED) is 0.330. The van der Waals surface area contributed by atoms with Gasteiger partial charge in [-0.1, -0.05) is 48.5 Å². The van der Waals surface area contributed by atoms with Crippen molar-refractivity contribution in [3.8, 4) is 5.69 Å². The third-order valence-electron chi connectivity index (χ3n) is 5.50. The van der Waals surface area contributed by atoms with Gasteiger partial charge < -0.3 is 20.7 Å². The van der Waals surface area contributed by atoms with Crippen molar-refractivity contribution in [2.75, 3.05) is 18.9 Å². The Labute approximate surface area is 195 Å². The second-order valence-corrected chi connectivity index (χ2v) is 7.91. The van der Waals surface area contributed by atoms with Crippen molar-refractivity contribution in [2.45, 2.75) is 12.2 Å². The van der Waals surface area contributed by atoms with Crippen LogP contribution >= 0.6 is 0 Å². The van der Waals surface area contributed by atoms with E-state index in [4.69, 9.17) is 10.5 Å². The van der Waals surface area contributed by atoms with Crippen LogP contribution in [-0.4, -0.2) is 39.0 Å². The monoisotopic (exact) mass is 461 g/mol. The van der Waals surface area contributed by atoms with Crippen LogP contribution < -0.4 is 5.73 Å². The van der Waals surface area contributed by atoms with Gasteiger partial charge in [-0.2, -0.15) is 5.10 Å². The summed E-state index contributed by atoms with van der Waals surface area (Å²) in [6.45, 7) is -0.494. The molecule has 0 saturated carbocycles. The molecule has 0 aliphatic carbocycles. The summed E-state index contributed by atoms with van der Waals surface area (Å²) >= 11 is 0. The highest BCUT2D eigenvalue weighted by atomic mass is 19.1. The number of halogens is 1. The highest BCUT2D eigenvalue weighted by Crippen LogP contribution is 2.26. The number of ketones is 1. The van der Waals surface area contributed by atoms with E-state index in [0.717, 1.165) is 5.56 Å². The number of hydrogen-bond acceptors (Lipinski definition) is 6. The van der Waals surface area contributed by atoms with E-state index in [9.17, 15) is 19.4 Å². The van der Waals surface area contributed by atoms with Crippen LogP contribution in [0.3, 0.4) is 0 Å². The normalized spacial score (nSPS) is 12.9. The van der Waals surface area contributed by atoms with Gasteiger partial charge in [0, 0.05) is 5.56 Å². The average Bonchev–Trinajstić information content (AvgIpc) is 3.25. The molecule has 0 aliphatic rings. The maximum Gasteiger partial charge on any atom is 0.198 e. The van der Waals surface area contributed by atoms with Gasteiger partial charge in [0.25, 0.3) is 0 Å². The predicted molar refractivity (Wildman–Crippen MR) is 125 cm³/mol. The molecule has 4 rings (SSSR count). The minimum absolute atomic E-state index is 0.102. The molecule has 1 unspecified atom stereocenters. The lowest BCUT2D eigenvalue weighted by molar-refractivity contribution is -0.0870. The fraction of sp³-hybridized carbons (Fsp3) is 0.154. The van der Waals surface area contributed by atoms with E-state index >= 15 is 0 Å². The number of hydrogen-bond donors (Lipinski definition) is 3. The zero-order valence-electron chi connectivity index (χ0n) is 18.3. The van der Waals surface area contributed by atoms with Crippen LogP contribution in [0.5, 0.6) is 0 Å². The van der Waals surface area contributed by atoms with E-state index in [1.807, 2.05) is 30.3 Å². The molecule has 0 bridgehead atoms. The molecule has 174 valence electrons. The van der Waals surface area contributed by atoms with Crippen molar-refractivity contribution in [2.24, 2.45) is 0 Å². The lowest BCUT2D eigenvalue weighted by Crippen LogP contribution is -2.35. The van der Waals surface area contributed by atoms with Crippen molar-refractivity contribution in [3.63, 3.8) is 0 Å². The number of ether oxygens (including phenoxy) is 1. The Balaban J connectivity index is 1.54. The van der Waals surface area contributed by atoms with Crippen LogP contribution in [0.1, 0.15) is 27.0 Å². The highest BCUT2D eigenvalue weighted by Gasteiger charge is 2.30. The van der Waals surface area contributed by atoms with E-state index in [1.54, 1.807) is 18.2 Å². The van der Waals surface area contributed by atoms with Crippen molar-refractivity contribution < 1.29 is 24.1 Å². The summed E-state index contributed by atoms with van der Waals surface area (Å²) in [6, 6.07) is 21.3. The molecular formula is C26H24FN3O4. The third-order valence-corrected chi connectivity index (χ3v) is 5.50. The van der Waals surface area contributed by atoms with Crippen LogP contribution in [0.15, 0.2) is 85.1 Å². The second-order valence-electron chi connectivity index (χ2n) is 7.91. The number of aliphatic hydroxyl groups excluding tert-OH is 1. The summed E-state index contributed by atoms with van der Waals surface area (Å²) in [4.78, 5) is 13.2. The highest BCUT2D eigenvalue weighted by molar-refractivity contribution is 6.11. The number of carbonyl (C=O) groups excluding carboxylic acids is 1. The Morgan fingerprint density at radius 1 is 1.06 bits per heavy atom. The number of carbonyl (C=O) groups is 1. The topological polar surface area (TPSA) is 111 Å². The predicted octanol–water partition coefficient (Wildman–Crippen LogP) is 3.22. The van der Waals surface area contributed by atoms with Crippen molar-refractivity contribution in [1.29, 1.82) is 0 Å². The minimum Gasteiger partial charge on any atom is -0.393 e. The molecule has 0 spiro atoms. The van der Waals surface area contributed by atoms with Crippen molar-refractivity contribution in [3.05, 3.63) is 113 Å². The number of aliphatic hydroxyl groups is 2. The van der Waals surface area contributed by atoms with Gasteiger partial charge in [-0.25, -0.2) is 9.07 Å². The van der Waals surface area contributed by atoms with E-state index in [1.165, 1.54) is 41.2 Å². The van der Waals surface area contributed by atoms with E-state index in [2.05, 4.69) is 5.10 Å². The molecule has 0 saturated heterocycles. The van der Waals surface area contributed by atoms with Crippen molar-refractivity contribution in [1.82, 2.24) is 9.78 Å². The van der Waals surface area contributed by atoms with Crippen LogP contribution in [0.4, 0.5) is 10.2 Å². The SMILES string of the molecule is Nc1c(C(=O)c2cccc(C(O)(CO)COCc3ccccc3)c2)cnn1-c1ccc(F)cc1. The van der Waals surface area contributed by atoms with Crippen LogP contribution in [0, 0.1) is 5.82 Å². The Morgan fingerprint density at radius 2 is 1.79 bits per heavy atom. The lowest BCUT2D eigenvalue weighted by atomic mass is 9.92. The first-order chi connectivity index (χ1) is 16.4. The number of benzene rings is 3. The largest absolute Gasteiger partial charge is 0.393 e. The lowest BCUT2D eigenvalue weighted by Gasteiger charge is -2.26. The number of aromatic nitrogens is 2. The molecule has 4 aromatic rings. The zero-order valence-corrected chi connectivity index (χ0v) is 18.3. The maximum absolute atomic E-state index is 13.2. The van der Waals surface area contributed by atoms with Crippen LogP contribution in [-0.2, 0) is 16.9 Å². The first-order valence-corrected chi connectivity index (χ1v) is 10.6. The fourth-order valence-electron chi connectivity index (χ4n) is 3.56. The Bertz CT molecular complexity index is 1270. The number of nitrogen functional groups attached to an aromatic ring is 1. The van der Waals surface area contributed by atoms with Gasteiger partial charge in [-0.3, -0.25) is 4.79 Å². The van der Waals surface area contributed by atoms with Gasteiger partial charge in [0.15, 0.2) is 5.78 Å². The maximum atomic E-state index is 13.2. The molecule has 0 radical (unpaired) electrons. The summed E-state index contributed by atoms with van der Waals surface area (Å²) in [5.74, 6) is -0.699. The molecule has 0 fully saturated rings. The van der Waals surface area contributed by atoms with E-state index in [-0.39, 0.29) is 30.2 Å². The Morgan fingerprint density at radius 3 is 2.50 bits per heavy atom. The van der Waals surface area contributed by atoms with Crippen LogP contribution in [0.25, 0.3) is 5.69 Å². The summed E-state index contributed by atoms with van der Waals surface area (Å²) in [5, 5.41) is 25.1. The standard InChI is InChI=1S/C26H24FN3O4/c27-21-9-11-22(12-10-21)30-25(28)23(14-29-30)24(32)19-7-4-8-20(13-19)26(33,16-31)17-34-15-18-5-2-1-3-6-18/h1-14,31,33H,15-17,28H2. The molecular weight excluding hydrogens is 437 g/mol. The zero-order chi connectivity index (χ0) is 24.1. The second kappa shape index (κ2) is 9.96. The summed E-state index contributed by atoms with van der Waals surface area (Å²) in [5.41, 5.74) is 6.66. The smallest absolute Gasteiger partial charge is 0.198 e. The van der Waals surface area contributed by atoms with Gasteiger partial charge in [-0.05, 0) is 41.5 Å². The van der Waals surface area contributed by atoms with Crippen LogP contribution in [0.2, 0.25) is 0 Å². The van der Waals surface area contributed by atoms with Crippen molar-refractivity contribution >= 4 is 11.6 Å². The number of anilines is 1. The van der Waals surface area contributed by atoms with E-state index < -0.39 is 23.8 Å². The molecule has 4 N–H and O–H groups in total.